The van der Waals surface area contributed by atoms with Crippen LogP contribution in [-0.4, -0.2) is 10.8 Å². The summed E-state index contributed by atoms with van der Waals surface area (Å²) in [6.07, 6.45) is 2.66. The van der Waals surface area contributed by atoms with Crippen LogP contribution in [0.3, 0.4) is 0 Å². The van der Waals surface area contributed by atoms with Gasteiger partial charge in [0.15, 0.2) is 0 Å². The molecule has 28 heavy (non-hydrogen) atoms. The monoisotopic (exact) mass is 417 g/mol. The molecule has 0 aliphatic heterocycles. The Balaban J connectivity index is 1.94. The van der Waals surface area contributed by atoms with E-state index in [1.165, 1.54) is 29.5 Å². The number of benzene rings is 1. The van der Waals surface area contributed by atoms with E-state index in [0.717, 1.165) is 29.7 Å². The fraction of sp³-hybridized carbons (Fsp3) is 0.400. The topological polar surface area (TPSA) is 96.0 Å². The molecule has 0 bridgehead atoms. The maximum atomic E-state index is 12.7. The molecule has 1 aliphatic rings. The predicted octanol–water partition coefficient (Wildman–Crippen LogP) is 5.58. The first-order valence-corrected chi connectivity index (χ1v) is 10.1. The molecule has 0 fully saturated rings. The molecule has 0 spiro atoms. The minimum absolute atomic E-state index is 0.125. The standard InChI is InChI=1S/C20H20ClN3O3S/c1-20(2,3)11-4-6-13-15(10-22)19(28-17(13)8-11)23-18(25)14-9-12(21)5-7-16(14)24(26)27/h5,7,9,11H,4,6,8H2,1-3H3,(H,23,25). The number of hydrogen-bond donors (Lipinski definition) is 1. The van der Waals surface area contributed by atoms with Gasteiger partial charge in [0.25, 0.3) is 11.6 Å². The second-order valence-corrected chi connectivity index (χ2v) is 9.54. The molecule has 8 heteroatoms. The molecule has 1 aliphatic carbocycles. The van der Waals surface area contributed by atoms with Crippen molar-refractivity contribution in [1.82, 2.24) is 0 Å². The van der Waals surface area contributed by atoms with E-state index in [4.69, 9.17) is 11.6 Å². The Hall–Kier alpha value is -2.43. The van der Waals surface area contributed by atoms with Crippen LogP contribution in [-0.2, 0) is 12.8 Å². The quantitative estimate of drug-likeness (QED) is 0.520. The van der Waals surface area contributed by atoms with Crippen LogP contribution in [0.5, 0.6) is 0 Å². The minimum Gasteiger partial charge on any atom is -0.312 e. The van der Waals surface area contributed by atoms with Crippen molar-refractivity contribution in [3.63, 3.8) is 0 Å². The number of nitro benzene ring substituents is 1. The van der Waals surface area contributed by atoms with Crippen molar-refractivity contribution in [2.45, 2.75) is 40.0 Å². The lowest BCUT2D eigenvalue weighted by atomic mass is 9.72. The third-order valence-electron chi connectivity index (χ3n) is 5.23. The van der Waals surface area contributed by atoms with Gasteiger partial charge in [-0.05, 0) is 48.3 Å². The highest BCUT2D eigenvalue weighted by Gasteiger charge is 2.33. The van der Waals surface area contributed by atoms with Crippen molar-refractivity contribution < 1.29 is 9.72 Å². The van der Waals surface area contributed by atoms with Crippen LogP contribution in [0, 0.1) is 32.8 Å². The number of carbonyl (C=O) groups excluding carboxylic acids is 1. The van der Waals surface area contributed by atoms with Gasteiger partial charge in [0.05, 0.1) is 10.5 Å². The summed E-state index contributed by atoms with van der Waals surface area (Å²) in [5.41, 5.74) is 1.17. The number of thiophene rings is 1. The summed E-state index contributed by atoms with van der Waals surface area (Å²) in [5, 5.41) is 24.3. The molecule has 1 atom stereocenters. The Bertz CT molecular complexity index is 1000. The maximum Gasteiger partial charge on any atom is 0.282 e. The van der Waals surface area contributed by atoms with Crippen LogP contribution in [0.15, 0.2) is 18.2 Å². The number of rotatable bonds is 3. The van der Waals surface area contributed by atoms with Gasteiger partial charge in [0.2, 0.25) is 0 Å². The molecule has 1 amide bonds. The van der Waals surface area contributed by atoms with Gasteiger partial charge < -0.3 is 5.32 Å². The summed E-state index contributed by atoms with van der Waals surface area (Å²) >= 11 is 7.31. The molecule has 6 nitrogen and oxygen atoms in total. The van der Waals surface area contributed by atoms with Crippen molar-refractivity contribution in [3.05, 3.63) is 54.9 Å². The zero-order valence-corrected chi connectivity index (χ0v) is 17.4. The lowest BCUT2D eigenvalue weighted by Crippen LogP contribution is -2.26. The van der Waals surface area contributed by atoms with Crippen LogP contribution in [0.2, 0.25) is 5.02 Å². The van der Waals surface area contributed by atoms with Crippen LogP contribution >= 0.6 is 22.9 Å². The Morgan fingerprint density at radius 2 is 2.14 bits per heavy atom. The van der Waals surface area contributed by atoms with Gasteiger partial charge in [0.1, 0.15) is 16.6 Å². The van der Waals surface area contributed by atoms with Crippen molar-refractivity contribution >= 4 is 39.5 Å². The number of nitrogens with zero attached hydrogens (tertiary/aromatic N) is 2. The molecule has 1 aromatic carbocycles. The van der Waals surface area contributed by atoms with Crippen molar-refractivity contribution in [1.29, 1.82) is 5.26 Å². The van der Waals surface area contributed by atoms with E-state index in [0.29, 0.717) is 16.5 Å². The molecule has 3 rings (SSSR count). The van der Waals surface area contributed by atoms with Crippen LogP contribution in [0.25, 0.3) is 0 Å². The molecule has 0 saturated heterocycles. The maximum absolute atomic E-state index is 12.7. The summed E-state index contributed by atoms with van der Waals surface area (Å²) in [4.78, 5) is 24.4. The summed E-state index contributed by atoms with van der Waals surface area (Å²) in [5.74, 6) is -0.139. The van der Waals surface area contributed by atoms with Gasteiger partial charge >= 0.3 is 0 Å². The van der Waals surface area contributed by atoms with Gasteiger partial charge in [-0.3, -0.25) is 14.9 Å². The lowest BCUT2D eigenvalue weighted by molar-refractivity contribution is -0.385. The molecular weight excluding hydrogens is 398 g/mol. The van der Waals surface area contributed by atoms with E-state index in [1.54, 1.807) is 0 Å². The molecule has 0 radical (unpaired) electrons. The highest BCUT2D eigenvalue weighted by atomic mass is 35.5. The van der Waals surface area contributed by atoms with Gasteiger partial charge in [-0.15, -0.1) is 11.3 Å². The zero-order valence-electron chi connectivity index (χ0n) is 15.8. The van der Waals surface area contributed by atoms with E-state index < -0.39 is 10.8 Å². The first-order chi connectivity index (χ1) is 13.1. The van der Waals surface area contributed by atoms with Crippen LogP contribution in [0.4, 0.5) is 10.7 Å². The van der Waals surface area contributed by atoms with Gasteiger partial charge in [-0.2, -0.15) is 5.26 Å². The number of halogens is 1. The molecule has 1 unspecified atom stereocenters. The Morgan fingerprint density at radius 1 is 1.43 bits per heavy atom. The average Bonchev–Trinajstić information content (AvgIpc) is 2.96. The van der Waals surface area contributed by atoms with Gasteiger partial charge in [0, 0.05) is 16.0 Å². The average molecular weight is 418 g/mol. The lowest BCUT2D eigenvalue weighted by Gasteiger charge is -2.33. The van der Waals surface area contributed by atoms with E-state index in [2.05, 4.69) is 32.2 Å². The summed E-state index contributed by atoms with van der Waals surface area (Å²) < 4.78 is 0. The second-order valence-electron chi connectivity index (χ2n) is 8.00. The molecule has 1 aromatic heterocycles. The number of nitrogens with one attached hydrogen (secondary N) is 1. The first kappa shape index (κ1) is 20.3. The van der Waals surface area contributed by atoms with Crippen molar-refractivity contribution in [2.24, 2.45) is 11.3 Å². The summed E-state index contributed by atoms with van der Waals surface area (Å²) in [6.45, 7) is 6.63. The molecular formula is C20H20ClN3O3S. The molecule has 0 saturated carbocycles. The Kier molecular flexibility index (Phi) is 5.46. The zero-order chi connectivity index (χ0) is 20.6. The van der Waals surface area contributed by atoms with E-state index in [-0.39, 0.29) is 21.7 Å². The smallest absolute Gasteiger partial charge is 0.282 e. The van der Waals surface area contributed by atoms with Gasteiger partial charge in [-0.25, -0.2) is 0 Å². The third kappa shape index (κ3) is 3.89. The molecule has 1 N–H and O–H groups in total. The normalized spacial score (nSPS) is 16.2. The number of amides is 1. The summed E-state index contributed by atoms with van der Waals surface area (Å²) in [7, 11) is 0. The Labute approximate surface area is 172 Å². The first-order valence-electron chi connectivity index (χ1n) is 8.91. The summed E-state index contributed by atoms with van der Waals surface area (Å²) in [6, 6.07) is 6.04. The molecule has 2 aromatic rings. The number of carbonyl (C=O) groups is 1. The fourth-order valence-electron chi connectivity index (χ4n) is 3.55. The van der Waals surface area contributed by atoms with E-state index >= 15 is 0 Å². The highest BCUT2D eigenvalue weighted by molar-refractivity contribution is 7.16. The largest absolute Gasteiger partial charge is 0.312 e. The van der Waals surface area contributed by atoms with Crippen molar-refractivity contribution in [2.75, 3.05) is 5.32 Å². The number of nitriles is 1. The molecule has 146 valence electrons. The highest BCUT2D eigenvalue weighted by Crippen LogP contribution is 2.44. The third-order valence-corrected chi connectivity index (χ3v) is 6.63. The SMILES string of the molecule is CC(C)(C)C1CCc2c(sc(NC(=O)c3cc(Cl)ccc3[N+](=O)[O-])c2C#N)C1. The van der Waals surface area contributed by atoms with E-state index in [9.17, 15) is 20.2 Å². The number of fused-ring (bicyclic) bond motifs is 1. The number of nitro groups is 1. The predicted molar refractivity (Wildman–Crippen MR) is 110 cm³/mol. The fourth-order valence-corrected chi connectivity index (χ4v) is 5.00. The van der Waals surface area contributed by atoms with Gasteiger partial charge in [-0.1, -0.05) is 32.4 Å². The van der Waals surface area contributed by atoms with E-state index in [1.807, 2.05) is 0 Å². The van der Waals surface area contributed by atoms with Crippen LogP contribution in [0.1, 0.15) is 53.6 Å². The minimum atomic E-state index is -0.642. The van der Waals surface area contributed by atoms with Crippen molar-refractivity contribution in [3.8, 4) is 6.07 Å². The Morgan fingerprint density at radius 3 is 2.75 bits per heavy atom. The van der Waals surface area contributed by atoms with Crippen LogP contribution < -0.4 is 5.32 Å². The second kappa shape index (κ2) is 7.53. The number of hydrogen-bond acceptors (Lipinski definition) is 5. The molecule has 1 heterocycles. The number of anilines is 1.